The molecule has 0 aromatic heterocycles. The number of carbonyl (C=O) groups excluding carboxylic acids is 1. The van der Waals surface area contributed by atoms with Crippen LogP contribution in [0.2, 0.25) is 5.02 Å². The molecule has 2 aliphatic heterocycles. The van der Waals surface area contributed by atoms with E-state index in [0.717, 1.165) is 29.1 Å². The highest BCUT2D eigenvalue weighted by Gasteiger charge is 2.35. The molecule has 2 aliphatic rings. The van der Waals surface area contributed by atoms with E-state index >= 15 is 0 Å². The van der Waals surface area contributed by atoms with Gasteiger partial charge in [0.15, 0.2) is 0 Å². The zero-order valence-electron chi connectivity index (χ0n) is 13.7. The Hall–Kier alpha value is -1.63. The number of aliphatic hydroxyl groups excluding tert-OH is 1. The average Bonchev–Trinajstić information content (AvgIpc) is 2.57. The van der Waals surface area contributed by atoms with Gasteiger partial charge in [0, 0.05) is 31.2 Å². The van der Waals surface area contributed by atoms with E-state index < -0.39 is 6.10 Å². The second kappa shape index (κ2) is 8.46. The minimum absolute atomic E-state index is 0.0691. The summed E-state index contributed by atoms with van der Waals surface area (Å²) in [6, 6.07) is 5.86. The fraction of sp³-hybridized carbons (Fsp3) is 0.529. The van der Waals surface area contributed by atoms with E-state index in [1.54, 1.807) is 0 Å². The summed E-state index contributed by atoms with van der Waals surface area (Å²) in [6.45, 7) is 2.52. The molecular formula is C17H23ClN2O4. The van der Waals surface area contributed by atoms with Gasteiger partial charge < -0.3 is 20.0 Å². The lowest BCUT2D eigenvalue weighted by atomic mass is 9.92. The maximum absolute atomic E-state index is 12.7. The molecule has 0 unspecified atom stereocenters. The number of piperidine rings is 1. The molecule has 2 N–H and O–H groups in total. The van der Waals surface area contributed by atoms with Crippen LogP contribution in [-0.4, -0.2) is 65.2 Å². The van der Waals surface area contributed by atoms with Crippen molar-refractivity contribution in [3.8, 4) is 0 Å². The van der Waals surface area contributed by atoms with Gasteiger partial charge in [-0.05, 0) is 37.1 Å². The summed E-state index contributed by atoms with van der Waals surface area (Å²) in [5.74, 6) is -0.232. The van der Waals surface area contributed by atoms with E-state index in [0.29, 0.717) is 26.1 Å². The summed E-state index contributed by atoms with van der Waals surface area (Å²) in [6.07, 6.45) is 0.942. The Bertz CT molecular complexity index is 596. The molecule has 0 aliphatic carbocycles. The van der Waals surface area contributed by atoms with Crippen LogP contribution in [0.4, 0.5) is 0 Å². The predicted molar refractivity (Wildman–Crippen MR) is 90.9 cm³/mol. The highest BCUT2D eigenvalue weighted by Crippen LogP contribution is 2.28. The van der Waals surface area contributed by atoms with Crippen LogP contribution in [0.15, 0.2) is 18.2 Å². The number of hydrogen-bond acceptors (Lipinski definition) is 4. The molecule has 0 radical (unpaired) electrons. The number of amides is 1. The van der Waals surface area contributed by atoms with Gasteiger partial charge >= 0.3 is 0 Å². The number of benzene rings is 1. The first-order valence-electron chi connectivity index (χ1n) is 7.97. The lowest BCUT2D eigenvalue weighted by Crippen LogP contribution is -2.50. The Kier molecular flexibility index (Phi) is 6.60. The zero-order chi connectivity index (χ0) is 17.7. The second-order valence-corrected chi connectivity index (χ2v) is 6.62. The van der Waals surface area contributed by atoms with Gasteiger partial charge in [-0.2, -0.15) is 0 Å². The van der Waals surface area contributed by atoms with Crippen LogP contribution in [0.3, 0.4) is 0 Å². The van der Waals surface area contributed by atoms with Crippen LogP contribution in [-0.2, 0) is 22.6 Å². The lowest BCUT2D eigenvalue weighted by molar-refractivity contribution is -0.143. The molecule has 1 aromatic carbocycles. The van der Waals surface area contributed by atoms with Crippen LogP contribution in [0, 0.1) is 5.92 Å². The number of hydrogen-bond donors (Lipinski definition) is 2. The molecule has 1 fully saturated rings. The van der Waals surface area contributed by atoms with Gasteiger partial charge in [0.25, 0.3) is 6.47 Å². The van der Waals surface area contributed by atoms with Crippen molar-refractivity contribution < 1.29 is 19.8 Å². The van der Waals surface area contributed by atoms with Crippen molar-refractivity contribution in [1.29, 1.82) is 0 Å². The van der Waals surface area contributed by atoms with Crippen LogP contribution in [0.5, 0.6) is 0 Å². The van der Waals surface area contributed by atoms with Crippen molar-refractivity contribution >= 4 is 24.0 Å². The first-order valence-corrected chi connectivity index (χ1v) is 8.35. The highest BCUT2D eigenvalue weighted by atomic mass is 35.5. The van der Waals surface area contributed by atoms with Gasteiger partial charge in [0.2, 0.25) is 5.91 Å². The van der Waals surface area contributed by atoms with E-state index in [2.05, 4.69) is 4.90 Å². The van der Waals surface area contributed by atoms with Crippen molar-refractivity contribution in [3.05, 3.63) is 34.3 Å². The summed E-state index contributed by atoms with van der Waals surface area (Å²) >= 11 is 6.21. The smallest absolute Gasteiger partial charge is 0.290 e. The second-order valence-electron chi connectivity index (χ2n) is 6.22. The minimum Gasteiger partial charge on any atom is -0.483 e. The highest BCUT2D eigenvalue weighted by molar-refractivity contribution is 6.31. The largest absolute Gasteiger partial charge is 0.483 e. The SMILES string of the molecule is CN1CC[C@@H](O)[C@H](C(=O)N2CCc3c(Cl)cccc3C2)C1.O=CO. The molecule has 1 amide bonds. The first-order chi connectivity index (χ1) is 11.5. The maximum atomic E-state index is 12.7. The Labute approximate surface area is 146 Å². The van der Waals surface area contributed by atoms with Crippen LogP contribution in [0.1, 0.15) is 17.5 Å². The van der Waals surface area contributed by atoms with E-state index in [4.69, 9.17) is 21.5 Å². The average molecular weight is 355 g/mol. The third-order valence-electron chi connectivity index (χ3n) is 4.62. The number of rotatable bonds is 1. The van der Waals surface area contributed by atoms with Gasteiger partial charge in [-0.3, -0.25) is 9.59 Å². The fourth-order valence-electron chi connectivity index (χ4n) is 3.33. The fourth-order valence-corrected chi connectivity index (χ4v) is 3.62. The van der Waals surface area contributed by atoms with Crippen LogP contribution >= 0.6 is 11.6 Å². The Balaban J connectivity index is 0.000000647. The molecule has 1 saturated heterocycles. The van der Waals surface area contributed by atoms with E-state index in [9.17, 15) is 9.90 Å². The van der Waals surface area contributed by atoms with Crippen molar-refractivity contribution in [2.24, 2.45) is 5.92 Å². The summed E-state index contributed by atoms with van der Waals surface area (Å²) in [5, 5.41) is 17.8. The van der Waals surface area contributed by atoms with Gasteiger partial charge in [0.05, 0.1) is 12.0 Å². The number of nitrogens with zero attached hydrogens (tertiary/aromatic N) is 2. The van der Waals surface area contributed by atoms with Gasteiger partial charge in [-0.1, -0.05) is 23.7 Å². The first kappa shape index (κ1) is 18.7. The Morgan fingerprint density at radius 3 is 2.79 bits per heavy atom. The quantitative estimate of drug-likeness (QED) is 0.742. The molecule has 132 valence electrons. The number of carboxylic acid groups (broad SMARTS) is 1. The zero-order valence-corrected chi connectivity index (χ0v) is 14.4. The molecule has 2 heterocycles. The molecule has 24 heavy (non-hydrogen) atoms. The summed E-state index contributed by atoms with van der Waals surface area (Å²) in [5.41, 5.74) is 2.28. The molecule has 0 spiro atoms. The number of aliphatic hydroxyl groups is 1. The monoisotopic (exact) mass is 354 g/mol. The molecule has 1 aromatic rings. The van der Waals surface area contributed by atoms with Gasteiger partial charge in [0.1, 0.15) is 0 Å². The number of fused-ring (bicyclic) bond motifs is 1. The molecule has 7 heteroatoms. The molecular weight excluding hydrogens is 332 g/mol. The predicted octanol–water partition coefficient (Wildman–Crippen LogP) is 1.24. The van der Waals surface area contributed by atoms with Crippen molar-refractivity contribution in [2.45, 2.75) is 25.5 Å². The summed E-state index contributed by atoms with van der Waals surface area (Å²) in [7, 11) is 2.00. The third kappa shape index (κ3) is 4.26. The van der Waals surface area contributed by atoms with E-state index in [1.807, 2.05) is 30.1 Å². The maximum Gasteiger partial charge on any atom is 0.290 e. The van der Waals surface area contributed by atoms with Crippen molar-refractivity contribution in [3.63, 3.8) is 0 Å². The number of carbonyl (C=O) groups is 2. The third-order valence-corrected chi connectivity index (χ3v) is 4.97. The molecule has 2 atom stereocenters. The number of halogens is 1. The summed E-state index contributed by atoms with van der Waals surface area (Å²) < 4.78 is 0. The Morgan fingerprint density at radius 1 is 1.38 bits per heavy atom. The van der Waals surface area contributed by atoms with Crippen molar-refractivity contribution in [1.82, 2.24) is 9.80 Å². The van der Waals surface area contributed by atoms with Gasteiger partial charge in [-0.15, -0.1) is 0 Å². The minimum atomic E-state index is -0.519. The Morgan fingerprint density at radius 2 is 2.08 bits per heavy atom. The van der Waals surface area contributed by atoms with Crippen LogP contribution in [0.25, 0.3) is 0 Å². The molecule has 6 nitrogen and oxygen atoms in total. The van der Waals surface area contributed by atoms with E-state index in [-0.39, 0.29) is 18.3 Å². The molecule has 0 bridgehead atoms. The summed E-state index contributed by atoms with van der Waals surface area (Å²) in [4.78, 5) is 25.1. The molecule has 0 saturated carbocycles. The molecule has 3 rings (SSSR count). The van der Waals surface area contributed by atoms with Crippen LogP contribution < -0.4 is 0 Å². The normalized spacial score (nSPS) is 23.7. The van der Waals surface area contributed by atoms with Crippen molar-refractivity contribution in [2.75, 3.05) is 26.7 Å². The van der Waals surface area contributed by atoms with Gasteiger partial charge in [-0.25, -0.2) is 0 Å². The van der Waals surface area contributed by atoms with E-state index in [1.165, 1.54) is 0 Å². The lowest BCUT2D eigenvalue weighted by Gasteiger charge is -2.38. The standard InChI is InChI=1S/C16H21ClN2O2.CH2O2/c1-18-7-6-15(20)13(10-18)16(21)19-8-5-12-11(9-19)3-2-4-14(12)17;2-1-3/h2-4,13,15,20H,5-10H2,1H3;1H,(H,2,3)/t13-,15-;/m1./s1. The topological polar surface area (TPSA) is 81.1 Å². The number of likely N-dealkylation sites (tertiary alicyclic amines) is 1.